The first-order chi connectivity index (χ1) is 6.25. The highest BCUT2D eigenvalue weighted by atomic mass is 16.5. The maximum atomic E-state index is 5.13. The molecular formula is C10H14N2O. The van der Waals surface area contributed by atoms with Gasteiger partial charge in [-0.1, -0.05) is 5.16 Å². The first-order valence-corrected chi connectivity index (χ1v) is 4.31. The molecule has 3 heteroatoms. The second-order valence-electron chi connectivity index (χ2n) is 2.93. The molecule has 0 aromatic carbocycles. The van der Waals surface area contributed by atoms with Crippen molar-refractivity contribution in [2.24, 2.45) is 0 Å². The van der Waals surface area contributed by atoms with E-state index in [9.17, 15) is 0 Å². The van der Waals surface area contributed by atoms with Crippen molar-refractivity contribution >= 4 is 0 Å². The minimum absolute atomic E-state index is 0.753. The molecular weight excluding hydrogens is 164 g/mol. The lowest BCUT2D eigenvalue weighted by Crippen LogP contribution is -2.14. The van der Waals surface area contributed by atoms with Gasteiger partial charge in [0, 0.05) is 25.1 Å². The molecule has 0 aliphatic rings. The van der Waals surface area contributed by atoms with Crippen LogP contribution < -0.4 is 5.32 Å². The second-order valence-corrected chi connectivity index (χ2v) is 2.93. The van der Waals surface area contributed by atoms with Crippen molar-refractivity contribution in [1.29, 1.82) is 0 Å². The van der Waals surface area contributed by atoms with Crippen LogP contribution >= 0.6 is 0 Å². The van der Waals surface area contributed by atoms with Crippen molar-refractivity contribution in [3.05, 3.63) is 17.0 Å². The Morgan fingerprint density at radius 1 is 1.54 bits per heavy atom. The van der Waals surface area contributed by atoms with E-state index >= 15 is 0 Å². The first-order valence-electron chi connectivity index (χ1n) is 4.31. The van der Waals surface area contributed by atoms with Gasteiger partial charge in [-0.25, -0.2) is 0 Å². The summed E-state index contributed by atoms with van der Waals surface area (Å²) in [6, 6.07) is 0. The Bertz CT molecular complexity index is 290. The maximum absolute atomic E-state index is 5.13. The number of terminal acetylenes is 1. The molecule has 0 bridgehead atoms. The number of aromatic nitrogens is 1. The van der Waals surface area contributed by atoms with Gasteiger partial charge in [-0.05, 0) is 13.8 Å². The summed E-state index contributed by atoms with van der Waals surface area (Å²) in [7, 11) is 0. The predicted molar refractivity (Wildman–Crippen MR) is 51.1 cm³/mol. The Labute approximate surface area is 78.5 Å². The van der Waals surface area contributed by atoms with Crippen molar-refractivity contribution in [2.45, 2.75) is 26.8 Å². The van der Waals surface area contributed by atoms with E-state index in [1.54, 1.807) is 0 Å². The summed E-state index contributed by atoms with van der Waals surface area (Å²) in [5, 5.41) is 7.09. The van der Waals surface area contributed by atoms with Gasteiger partial charge in [0.2, 0.25) is 0 Å². The predicted octanol–water partition coefficient (Wildman–Crippen LogP) is 1.40. The quantitative estimate of drug-likeness (QED) is 0.559. The molecule has 0 amide bonds. The highest BCUT2D eigenvalue weighted by Gasteiger charge is 2.06. The molecule has 0 aliphatic carbocycles. The minimum Gasteiger partial charge on any atom is -0.361 e. The molecule has 3 nitrogen and oxygen atoms in total. The largest absolute Gasteiger partial charge is 0.361 e. The highest BCUT2D eigenvalue weighted by Crippen LogP contribution is 2.10. The van der Waals surface area contributed by atoms with Gasteiger partial charge in [0.1, 0.15) is 5.76 Å². The number of hydrogen-bond donors (Lipinski definition) is 1. The molecule has 0 fully saturated rings. The van der Waals surface area contributed by atoms with Crippen LogP contribution in [0.15, 0.2) is 4.52 Å². The van der Waals surface area contributed by atoms with Gasteiger partial charge < -0.3 is 9.84 Å². The zero-order valence-electron chi connectivity index (χ0n) is 8.05. The van der Waals surface area contributed by atoms with Gasteiger partial charge in [-0.3, -0.25) is 0 Å². The van der Waals surface area contributed by atoms with E-state index in [4.69, 9.17) is 10.9 Å². The average Bonchev–Trinajstić information content (AvgIpc) is 2.42. The SMILES string of the molecule is C#CCCNCc1c(C)noc1C. The molecule has 0 unspecified atom stereocenters. The van der Waals surface area contributed by atoms with Crippen molar-refractivity contribution in [2.75, 3.05) is 6.54 Å². The summed E-state index contributed by atoms with van der Waals surface area (Å²) in [6.07, 6.45) is 5.88. The van der Waals surface area contributed by atoms with Crippen molar-refractivity contribution in [1.82, 2.24) is 10.5 Å². The fourth-order valence-corrected chi connectivity index (χ4v) is 1.13. The number of aryl methyl sites for hydroxylation is 2. The average molecular weight is 178 g/mol. The zero-order valence-corrected chi connectivity index (χ0v) is 8.05. The van der Waals surface area contributed by atoms with Gasteiger partial charge in [0.15, 0.2) is 0 Å². The Kier molecular flexibility index (Phi) is 3.53. The van der Waals surface area contributed by atoms with Gasteiger partial charge >= 0.3 is 0 Å². The van der Waals surface area contributed by atoms with Gasteiger partial charge in [0.25, 0.3) is 0 Å². The Morgan fingerprint density at radius 2 is 2.31 bits per heavy atom. The monoisotopic (exact) mass is 178 g/mol. The Balaban J connectivity index is 2.41. The zero-order chi connectivity index (χ0) is 9.68. The maximum Gasteiger partial charge on any atom is 0.138 e. The van der Waals surface area contributed by atoms with Gasteiger partial charge in [-0.2, -0.15) is 0 Å². The number of nitrogens with zero attached hydrogens (tertiary/aromatic N) is 1. The van der Waals surface area contributed by atoms with Crippen LogP contribution in [0.1, 0.15) is 23.4 Å². The van der Waals surface area contributed by atoms with Gasteiger partial charge in [0.05, 0.1) is 5.69 Å². The first kappa shape index (κ1) is 9.82. The lowest BCUT2D eigenvalue weighted by Gasteiger charge is -2.00. The van der Waals surface area contributed by atoms with Crippen LogP contribution in [0.25, 0.3) is 0 Å². The Morgan fingerprint density at radius 3 is 2.85 bits per heavy atom. The minimum atomic E-state index is 0.753. The third kappa shape index (κ3) is 2.60. The van der Waals surface area contributed by atoms with E-state index in [0.29, 0.717) is 0 Å². The molecule has 1 aromatic heterocycles. The van der Waals surface area contributed by atoms with Crippen LogP contribution in [-0.2, 0) is 6.54 Å². The van der Waals surface area contributed by atoms with Crippen LogP contribution in [0.2, 0.25) is 0 Å². The third-order valence-corrected chi connectivity index (χ3v) is 1.93. The fourth-order valence-electron chi connectivity index (χ4n) is 1.13. The van der Waals surface area contributed by atoms with E-state index in [2.05, 4.69) is 16.4 Å². The van der Waals surface area contributed by atoms with Crippen LogP contribution in [0.3, 0.4) is 0 Å². The summed E-state index contributed by atoms with van der Waals surface area (Å²) in [5.41, 5.74) is 2.09. The molecule has 0 radical (unpaired) electrons. The van der Waals surface area contributed by atoms with Crippen LogP contribution in [0, 0.1) is 26.2 Å². The van der Waals surface area contributed by atoms with Crippen molar-refractivity contribution in [3.63, 3.8) is 0 Å². The summed E-state index contributed by atoms with van der Waals surface area (Å²) in [5.74, 6) is 3.46. The van der Waals surface area contributed by atoms with E-state index in [1.165, 1.54) is 0 Å². The van der Waals surface area contributed by atoms with E-state index in [1.807, 2.05) is 13.8 Å². The smallest absolute Gasteiger partial charge is 0.138 e. The van der Waals surface area contributed by atoms with Crippen LogP contribution in [0.4, 0.5) is 0 Å². The van der Waals surface area contributed by atoms with E-state index in [0.717, 1.165) is 36.5 Å². The topological polar surface area (TPSA) is 38.1 Å². The van der Waals surface area contributed by atoms with Gasteiger partial charge in [-0.15, -0.1) is 12.3 Å². The van der Waals surface area contributed by atoms with Crippen LogP contribution in [0.5, 0.6) is 0 Å². The molecule has 0 saturated carbocycles. The van der Waals surface area contributed by atoms with Crippen LogP contribution in [-0.4, -0.2) is 11.7 Å². The molecule has 0 spiro atoms. The number of hydrogen-bond acceptors (Lipinski definition) is 3. The standard InChI is InChI=1S/C10H14N2O/c1-4-5-6-11-7-10-8(2)12-13-9(10)3/h1,11H,5-7H2,2-3H3. The number of nitrogens with one attached hydrogen (secondary N) is 1. The number of rotatable bonds is 4. The van der Waals surface area contributed by atoms with E-state index in [-0.39, 0.29) is 0 Å². The molecule has 13 heavy (non-hydrogen) atoms. The highest BCUT2D eigenvalue weighted by molar-refractivity contribution is 5.20. The normalized spacial score (nSPS) is 9.92. The molecule has 70 valence electrons. The van der Waals surface area contributed by atoms with Crippen molar-refractivity contribution < 1.29 is 4.52 Å². The fraction of sp³-hybridized carbons (Fsp3) is 0.500. The molecule has 0 aliphatic heterocycles. The Hall–Kier alpha value is -1.27. The second kappa shape index (κ2) is 4.68. The lowest BCUT2D eigenvalue weighted by molar-refractivity contribution is 0.392. The molecule has 0 atom stereocenters. The molecule has 1 rings (SSSR count). The summed E-state index contributed by atoms with van der Waals surface area (Å²) < 4.78 is 5.02. The van der Waals surface area contributed by atoms with Crippen molar-refractivity contribution in [3.8, 4) is 12.3 Å². The summed E-state index contributed by atoms with van der Waals surface area (Å²) >= 11 is 0. The summed E-state index contributed by atoms with van der Waals surface area (Å²) in [6.45, 7) is 5.47. The molecule has 0 saturated heterocycles. The summed E-state index contributed by atoms with van der Waals surface area (Å²) in [4.78, 5) is 0. The molecule has 1 N–H and O–H groups in total. The van der Waals surface area contributed by atoms with E-state index < -0.39 is 0 Å². The molecule has 1 aromatic rings. The third-order valence-electron chi connectivity index (χ3n) is 1.93. The molecule has 1 heterocycles. The lowest BCUT2D eigenvalue weighted by atomic mass is 10.2.